The molecule has 1 N–H and O–H groups in total. The number of aliphatic hydroxyl groups is 1. The average Bonchev–Trinajstić information content (AvgIpc) is 3.41. The Balaban J connectivity index is 1.80. The van der Waals surface area contributed by atoms with Gasteiger partial charge >= 0.3 is 0 Å². The van der Waals surface area contributed by atoms with E-state index in [-0.39, 0.29) is 11.7 Å². The lowest BCUT2D eigenvalue weighted by Crippen LogP contribution is -2.26. The first-order valence-electron chi connectivity index (χ1n) is 12.6. The van der Waals surface area contributed by atoms with E-state index in [4.69, 9.17) is 0 Å². The summed E-state index contributed by atoms with van der Waals surface area (Å²) >= 11 is 0. The van der Waals surface area contributed by atoms with E-state index in [2.05, 4.69) is 67.6 Å². The molecule has 1 atom stereocenters. The smallest absolute Gasteiger partial charge is 0.138 e. The van der Waals surface area contributed by atoms with Gasteiger partial charge in [-0.05, 0) is 76.3 Å². The average molecular weight is 454 g/mol. The number of hydrogen-bond donors (Lipinski definition) is 1. The SMILES string of the molecule is Cc1ccc(CC(=O)C[C@H](CC(C)(C)O)c2nnc(CCCC(C)(C)C)n2C2CC2)c(C)c1. The second-order valence-electron chi connectivity index (χ2n) is 12.1. The number of Topliss-reactive ketones (excluding diaryl/α,β-unsaturated/α-hetero) is 1. The van der Waals surface area contributed by atoms with Crippen molar-refractivity contribution < 1.29 is 9.90 Å². The predicted molar refractivity (Wildman–Crippen MR) is 134 cm³/mol. The summed E-state index contributed by atoms with van der Waals surface area (Å²) in [5.74, 6) is 1.99. The molecule has 5 nitrogen and oxygen atoms in total. The van der Waals surface area contributed by atoms with Crippen LogP contribution in [0.5, 0.6) is 0 Å². The maximum Gasteiger partial charge on any atom is 0.138 e. The number of carbonyl (C=O) groups excluding carboxylic acids is 1. The Morgan fingerprint density at radius 2 is 1.85 bits per heavy atom. The summed E-state index contributed by atoms with van der Waals surface area (Å²) in [6, 6.07) is 6.70. The number of benzene rings is 1. The van der Waals surface area contributed by atoms with E-state index in [9.17, 15) is 9.90 Å². The molecule has 1 aliphatic rings. The van der Waals surface area contributed by atoms with Crippen LogP contribution in [-0.2, 0) is 17.6 Å². The Hall–Kier alpha value is -2.01. The first kappa shape index (κ1) is 25.6. The standard InChI is InChI=1S/C28H43N3O2/c1-19-10-11-21(20(2)15-19)16-24(32)17-22(18-28(6,7)33)26-30-29-25(31(26)23-12-13-23)9-8-14-27(3,4)5/h10-11,15,22-23,33H,8-9,12-14,16-18H2,1-7H3/t22-/m1/s1. The number of aromatic nitrogens is 3. The lowest BCUT2D eigenvalue weighted by molar-refractivity contribution is -0.119. The Bertz CT molecular complexity index is 958. The van der Waals surface area contributed by atoms with Gasteiger partial charge in [-0.15, -0.1) is 10.2 Å². The third-order valence-corrected chi connectivity index (χ3v) is 6.50. The molecule has 1 heterocycles. The first-order chi connectivity index (χ1) is 15.3. The molecule has 1 fully saturated rings. The molecule has 1 aromatic heterocycles. The highest BCUT2D eigenvalue weighted by Gasteiger charge is 2.35. The van der Waals surface area contributed by atoms with Crippen molar-refractivity contribution >= 4 is 5.78 Å². The molecule has 2 aromatic rings. The van der Waals surface area contributed by atoms with Crippen molar-refractivity contribution in [2.45, 2.75) is 117 Å². The molecule has 1 aliphatic carbocycles. The summed E-state index contributed by atoms with van der Waals surface area (Å²) in [6.45, 7) is 14.6. The minimum absolute atomic E-state index is 0.132. The molecule has 0 saturated heterocycles. The summed E-state index contributed by atoms with van der Waals surface area (Å²) in [7, 11) is 0. The van der Waals surface area contributed by atoms with Gasteiger partial charge in [0, 0.05) is 31.2 Å². The predicted octanol–water partition coefficient (Wildman–Crippen LogP) is 6.05. The van der Waals surface area contributed by atoms with Crippen molar-refractivity contribution in [3.8, 4) is 0 Å². The summed E-state index contributed by atoms with van der Waals surface area (Å²) in [6.07, 6.45) is 6.71. The third-order valence-electron chi connectivity index (χ3n) is 6.50. The quantitative estimate of drug-likeness (QED) is 0.450. The van der Waals surface area contributed by atoms with E-state index < -0.39 is 5.60 Å². The lowest BCUT2D eigenvalue weighted by atomic mass is 9.87. The summed E-state index contributed by atoms with van der Waals surface area (Å²) < 4.78 is 2.31. The summed E-state index contributed by atoms with van der Waals surface area (Å²) in [5, 5.41) is 19.8. The fourth-order valence-corrected chi connectivity index (χ4v) is 4.75. The molecule has 33 heavy (non-hydrogen) atoms. The fourth-order valence-electron chi connectivity index (χ4n) is 4.75. The number of carbonyl (C=O) groups is 1. The molecule has 1 aromatic carbocycles. The van der Waals surface area contributed by atoms with Crippen LogP contribution in [0.4, 0.5) is 0 Å². The molecule has 0 radical (unpaired) electrons. The van der Waals surface area contributed by atoms with Gasteiger partial charge in [0.05, 0.1) is 5.60 Å². The summed E-state index contributed by atoms with van der Waals surface area (Å²) in [5.41, 5.74) is 2.87. The van der Waals surface area contributed by atoms with Crippen molar-refractivity contribution in [2.75, 3.05) is 0 Å². The van der Waals surface area contributed by atoms with Crippen molar-refractivity contribution in [2.24, 2.45) is 5.41 Å². The largest absolute Gasteiger partial charge is 0.390 e. The zero-order valence-corrected chi connectivity index (χ0v) is 21.7. The number of aryl methyl sites for hydroxylation is 3. The van der Waals surface area contributed by atoms with Gasteiger partial charge in [-0.2, -0.15) is 0 Å². The van der Waals surface area contributed by atoms with Crippen LogP contribution in [0, 0.1) is 19.3 Å². The van der Waals surface area contributed by atoms with Crippen LogP contribution in [0.25, 0.3) is 0 Å². The van der Waals surface area contributed by atoms with Gasteiger partial charge in [-0.1, -0.05) is 44.5 Å². The van der Waals surface area contributed by atoms with Gasteiger partial charge in [-0.3, -0.25) is 4.79 Å². The van der Waals surface area contributed by atoms with Crippen molar-refractivity contribution in [3.63, 3.8) is 0 Å². The van der Waals surface area contributed by atoms with E-state index in [0.717, 1.165) is 54.9 Å². The Labute approximate surface area is 200 Å². The third kappa shape index (κ3) is 7.77. The highest BCUT2D eigenvalue weighted by atomic mass is 16.3. The van der Waals surface area contributed by atoms with Crippen LogP contribution in [0.1, 0.15) is 113 Å². The van der Waals surface area contributed by atoms with Gasteiger partial charge in [0.15, 0.2) is 0 Å². The van der Waals surface area contributed by atoms with E-state index in [0.29, 0.717) is 30.7 Å². The highest BCUT2D eigenvalue weighted by Crippen LogP contribution is 2.40. The maximum atomic E-state index is 13.2. The zero-order chi connectivity index (χ0) is 24.4. The van der Waals surface area contributed by atoms with Gasteiger partial charge in [0.25, 0.3) is 0 Å². The van der Waals surface area contributed by atoms with Gasteiger partial charge < -0.3 is 9.67 Å². The molecule has 0 spiro atoms. The Kier molecular flexibility index (Phi) is 7.83. The summed E-state index contributed by atoms with van der Waals surface area (Å²) in [4.78, 5) is 13.2. The fraction of sp³-hybridized carbons (Fsp3) is 0.679. The second-order valence-corrected chi connectivity index (χ2v) is 12.1. The minimum atomic E-state index is -0.878. The molecule has 182 valence electrons. The van der Waals surface area contributed by atoms with E-state index in [1.54, 1.807) is 0 Å². The topological polar surface area (TPSA) is 68.0 Å². The zero-order valence-electron chi connectivity index (χ0n) is 21.7. The second kappa shape index (κ2) is 10.1. The lowest BCUT2D eigenvalue weighted by Gasteiger charge is -2.25. The Morgan fingerprint density at radius 1 is 1.15 bits per heavy atom. The molecular formula is C28H43N3O2. The molecule has 0 unspecified atom stereocenters. The van der Waals surface area contributed by atoms with Gasteiger partial charge in [0.1, 0.15) is 17.4 Å². The number of rotatable bonds is 11. The molecule has 0 bridgehead atoms. The van der Waals surface area contributed by atoms with Crippen molar-refractivity contribution in [1.29, 1.82) is 0 Å². The number of nitrogens with zero attached hydrogens (tertiary/aromatic N) is 3. The van der Waals surface area contributed by atoms with Crippen LogP contribution in [0.3, 0.4) is 0 Å². The number of ketones is 1. The van der Waals surface area contributed by atoms with Crippen LogP contribution >= 0.6 is 0 Å². The Morgan fingerprint density at radius 3 is 2.42 bits per heavy atom. The molecule has 3 rings (SSSR count). The van der Waals surface area contributed by atoms with Crippen LogP contribution in [-0.4, -0.2) is 31.3 Å². The van der Waals surface area contributed by atoms with Crippen molar-refractivity contribution in [1.82, 2.24) is 14.8 Å². The minimum Gasteiger partial charge on any atom is -0.390 e. The van der Waals surface area contributed by atoms with Crippen LogP contribution in [0.15, 0.2) is 18.2 Å². The van der Waals surface area contributed by atoms with E-state index in [1.165, 1.54) is 5.56 Å². The molecule has 0 amide bonds. The van der Waals surface area contributed by atoms with Crippen LogP contribution < -0.4 is 0 Å². The van der Waals surface area contributed by atoms with Gasteiger partial charge in [0.2, 0.25) is 0 Å². The monoisotopic (exact) mass is 453 g/mol. The normalized spacial score (nSPS) is 15.6. The number of hydrogen-bond acceptors (Lipinski definition) is 4. The highest BCUT2D eigenvalue weighted by molar-refractivity contribution is 5.82. The van der Waals surface area contributed by atoms with Crippen LogP contribution in [0.2, 0.25) is 0 Å². The molecular weight excluding hydrogens is 410 g/mol. The molecule has 1 saturated carbocycles. The molecule has 5 heteroatoms. The maximum absolute atomic E-state index is 13.2. The van der Waals surface area contributed by atoms with E-state index in [1.807, 2.05) is 13.8 Å². The van der Waals surface area contributed by atoms with Crippen molar-refractivity contribution in [3.05, 3.63) is 46.5 Å². The molecule has 0 aliphatic heterocycles. The first-order valence-corrected chi connectivity index (χ1v) is 12.6. The van der Waals surface area contributed by atoms with Gasteiger partial charge in [-0.25, -0.2) is 0 Å². The van der Waals surface area contributed by atoms with E-state index >= 15 is 0 Å².